The Kier molecular flexibility index (Phi) is 7.03. The van der Waals surface area contributed by atoms with E-state index in [1.807, 2.05) is 20.8 Å². The summed E-state index contributed by atoms with van der Waals surface area (Å²) in [6.07, 6.45) is 1.49. The van der Waals surface area contributed by atoms with Crippen LogP contribution in [-0.4, -0.2) is 38.9 Å². The first kappa shape index (κ1) is 25.6. The van der Waals surface area contributed by atoms with Gasteiger partial charge in [0.2, 0.25) is 0 Å². The van der Waals surface area contributed by atoms with E-state index in [1.165, 1.54) is 17.0 Å². The van der Waals surface area contributed by atoms with Crippen LogP contribution in [0.1, 0.15) is 90.0 Å². The Morgan fingerprint density at radius 3 is 2.26 bits per heavy atom. The van der Waals surface area contributed by atoms with Crippen LogP contribution in [0.2, 0.25) is 0 Å². The largest absolute Gasteiger partial charge is 0.393 e. The summed E-state index contributed by atoms with van der Waals surface area (Å²) in [5, 5.41) is 10.0. The van der Waals surface area contributed by atoms with Gasteiger partial charge in [-0.1, -0.05) is 13.8 Å². The van der Waals surface area contributed by atoms with E-state index in [1.54, 1.807) is 31.5 Å². The Bertz CT molecular complexity index is 1140. The number of primary amides is 1. The molecule has 0 aliphatic heterocycles. The predicted octanol–water partition coefficient (Wildman–Crippen LogP) is 3.91. The number of nitrogens with two attached hydrogens (primary N) is 1. The number of ketones is 1. The van der Waals surface area contributed by atoms with Crippen LogP contribution >= 0.6 is 0 Å². The minimum atomic E-state index is -0.764. The number of nitrogens with zero attached hydrogens (tertiary/aromatic N) is 2. The van der Waals surface area contributed by atoms with Gasteiger partial charge in [-0.25, -0.2) is 4.39 Å². The molecule has 1 aliphatic carbocycles. The highest BCUT2D eigenvalue weighted by molar-refractivity contribution is 6.47. The molecule has 0 bridgehead atoms. The number of aliphatic hydroxyl groups excluding tert-OH is 1. The standard InChI is InChI=1S/C26H34FN3O4/c1-14(2)21-20(24(28)33)16(4)22(29(21)6)23(32)25(34)30(17-7-8-19(27)15(3)13-17)26(5)11-9-18(31)10-12-26/h7-8,13-14,18,31H,9-12H2,1-6H3,(H2,28,33). The molecule has 3 rings (SSSR count). The van der Waals surface area contributed by atoms with Gasteiger partial charge < -0.3 is 15.4 Å². The molecule has 0 spiro atoms. The maximum Gasteiger partial charge on any atom is 0.301 e. The van der Waals surface area contributed by atoms with E-state index >= 15 is 0 Å². The monoisotopic (exact) mass is 471 g/mol. The van der Waals surface area contributed by atoms with Gasteiger partial charge in [-0.05, 0) is 81.7 Å². The van der Waals surface area contributed by atoms with Crippen molar-refractivity contribution in [3.63, 3.8) is 0 Å². The fraction of sp³-hybridized carbons (Fsp3) is 0.500. The van der Waals surface area contributed by atoms with Crippen LogP contribution in [-0.2, 0) is 11.8 Å². The van der Waals surface area contributed by atoms with Crippen molar-refractivity contribution < 1.29 is 23.9 Å². The Labute approximate surface area is 199 Å². The number of rotatable bonds is 6. The number of benzene rings is 1. The van der Waals surface area contributed by atoms with Crippen molar-refractivity contribution in [1.29, 1.82) is 0 Å². The van der Waals surface area contributed by atoms with E-state index < -0.39 is 35.1 Å². The molecule has 184 valence electrons. The number of hydrogen-bond donors (Lipinski definition) is 2. The third-order valence-corrected chi connectivity index (χ3v) is 7.06. The molecule has 1 heterocycles. The maximum atomic E-state index is 14.0. The molecular weight excluding hydrogens is 437 g/mol. The van der Waals surface area contributed by atoms with E-state index in [0.29, 0.717) is 48.2 Å². The smallest absolute Gasteiger partial charge is 0.301 e. The van der Waals surface area contributed by atoms with Crippen molar-refractivity contribution in [3.05, 3.63) is 52.1 Å². The molecule has 0 saturated heterocycles. The van der Waals surface area contributed by atoms with Gasteiger partial charge in [0.25, 0.3) is 11.7 Å². The second kappa shape index (κ2) is 9.33. The Hall–Kier alpha value is -3.00. The van der Waals surface area contributed by atoms with Gasteiger partial charge in [0.05, 0.1) is 17.4 Å². The van der Waals surface area contributed by atoms with Crippen molar-refractivity contribution in [2.75, 3.05) is 4.90 Å². The number of carbonyl (C=O) groups is 3. The summed E-state index contributed by atoms with van der Waals surface area (Å²) >= 11 is 0. The minimum absolute atomic E-state index is 0.101. The normalized spacial score (nSPS) is 20.4. The molecular formula is C26H34FN3O4. The number of aromatic nitrogens is 1. The highest BCUT2D eigenvalue weighted by Crippen LogP contribution is 2.38. The highest BCUT2D eigenvalue weighted by atomic mass is 19.1. The number of aliphatic hydroxyl groups is 1. The molecule has 8 heteroatoms. The SMILES string of the molecule is Cc1cc(N(C(=O)C(=O)c2c(C)c(C(N)=O)c(C(C)C)n2C)C2(C)CCC(O)CC2)ccc1F. The first-order chi connectivity index (χ1) is 15.8. The van der Waals surface area contributed by atoms with E-state index in [2.05, 4.69) is 0 Å². The number of aryl methyl sites for hydroxylation is 1. The zero-order chi connectivity index (χ0) is 25.5. The zero-order valence-corrected chi connectivity index (χ0v) is 20.7. The van der Waals surface area contributed by atoms with E-state index in [9.17, 15) is 23.9 Å². The molecule has 1 aromatic heterocycles. The Balaban J connectivity index is 2.16. The van der Waals surface area contributed by atoms with Crippen LogP contribution in [0.25, 0.3) is 0 Å². The molecule has 1 aromatic carbocycles. The van der Waals surface area contributed by atoms with Crippen molar-refractivity contribution in [2.45, 2.75) is 77.9 Å². The van der Waals surface area contributed by atoms with Gasteiger partial charge in [0.15, 0.2) is 0 Å². The Morgan fingerprint density at radius 1 is 1.21 bits per heavy atom. The van der Waals surface area contributed by atoms with Crippen LogP contribution in [0, 0.1) is 19.7 Å². The summed E-state index contributed by atoms with van der Waals surface area (Å²) in [6, 6.07) is 4.34. The van der Waals surface area contributed by atoms with Crippen LogP contribution < -0.4 is 10.6 Å². The number of carbonyl (C=O) groups excluding carboxylic acids is 3. The molecule has 3 N–H and O–H groups in total. The first-order valence-corrected chi connectivity index (χ1v) is 11.6. The molecule has 7 nitrogen and oxygen atoms in total. The van der Waals surface area contributed by atoms with Gasteiger partial charge in [0, 0.05) is 24.0 Å². The summed E-state index contributed by atoms with van der Waals surface area (Å²) in [4.78, 5) is 41.3. The average Bonchev–Trinajstić information content (AvgIpc) is 3.03. The van der Waals surface area contributed by atoms with Crippen LogP contribution in [0.3, 0.4) is 0 Å². The average molecular weight is 472 g/mol. The number of hydrogen-bond acceptors (Lipinski definition) is 4. The zero-order valence-electron chi connectivity index (χ0n) is 20.7. The molecule has 34 heavy (non-hydrogen) atoms. The number of amides is 2. The summed E-state index contributed by atoms with van der Waals surface area (Å²) in [7, 11) is 1.65. The third-order valence-electron chi connectivity index (χ3n) is 7.06. The van der Waals surface area contributed by atoms with Crippen molar-refractivity contribution in [2.24, 2.45) is 12.8 Å². The maximum absolute atomic E-state index is 14.0. The van der Waals surface area contributed by atoms with Crippen LogP contribution in [0.5, 0.6) is 0 Å². The van der Waals surface area contributed by atoms with E-state index in [0.717, 1.165) is 0 Å². The summed E-state index contributed by atoms with van der Waals surface area (Å²) in [6.45, 7) is 8.89. The molecule has 1 fully saturated rings. The Morgan fingerprint density at radius 2 is 1.79 bits per heavy atom. The molecule has 1 aliphatic rings. The van der Waals surface area contributed by atoms with E-state index in [-0.39, 0.29) is 17.2 Å². The van der Waals surface area contributed by atoms with Gasteiger partial charge in [-0.3, -0.25) is 19.3 Å². The van der Waals surface area contributed by atoms with Gasteiger partial charge in [-0.2, -0.15) is 0 Å². The van der Waals surface area contributed by atoms with Gasteiger partial charge >= 0.3 is 5.91 Å². The van der Waals surface area contributed by atoms with Crippen molar-refractivity contribution >= 4 is 23.3 Å². The number of anilines is 1. The minimum Gasteiger partial charge on any atom is -0.393 e. The lowest BCUT2D eigenvalue weighted by molar-refractivity contribution is -0.116. The van der Waals surface area contributed by atoms with Crippen LogP contribution in [0.15, 0.2) is 18.2 Å². The lowest BCUT2D eigenvalue weighted by atomic mass is 9.79. The molecule has 0 atom stereocenters. The lowest BCUT2D eigenvalue weighted by Gasteiger charge is -2.44. The molecule has 0 radical (unpaired) electrons. The highest BCUT2D eigenvalue weighted by Gasteiger charge is 2.43. The van der Waals surface area contributed by atoms with Crippen LogP contribution in [0.4, 0.5) is 10.1 Å². The van der Waals surface area contributed by atoms with E-state index in [4.69, 9.17) is 5.73 Å². The predicted molar refractivity (Wildman–Crippen MR) is 129 cm³/mol. The number of halogens is 1. The summed E-state index contributed by atoms with van der Waals surface area (Å²) in [5.74, 6) is -2.68. The number of Topliss-reactive ketones (excluding diaryl/α,β-unsaturated/α-hetero) is 1. The second-order valence-electron chi connectivity index (χ2n) is 9.94. The van der Waals surface area contributed by atoms with Crippen molar-refractivity contribution in [1.82, 2.24) is 4.57 Å². The fourth-order valence-electron chi connectivity index (χ4n) is 5.25. The molecule has 2 aromatic rings. The topological polar surface area (TPSA) is 106 Å². The van der Waals surface area contributed by atoms with Crippen molar-refractivity contribution in [3.8, 4) is 0 Å². The first-order valence-electron chi connectivity index (χ1n) is 11.6. The third kappa shape index (κ3) is 4.39. The summed E-state index contributed by atoms with van der Waals surface area (Å²) in [5.41, 5.74) is 6.99. The molecule has 1 saturated carbocycles. The fourth-order valence-corrected chi connectivity index (χ4v) is 5.25. The molecule has 2 amide bonds. The quantitative estimate of drug-likeness (QED) is 0.492. The summed E-state index contributed by atoms with van der Waals surface area (Å²) < 4.78 is 15.6. The molecule has 0 unspecified atom stereocenters. The lowest BCUT2D eigenvalue weighted by Crippen LogP contribution is -2.55. The van der Waals surface area contributed by atoms with Gasteiger partial charge in [0.1, 0.15) is 5.82 Å². The van der Waals surface area contributed by atoms with Gasteiger partial charge in [-0.15, -0.1) is 0 Å². The second-order valence-corrected chi connectivity index (χ2v) is 9.94.